The number of anilines is 1. The average Bonchev–Trinajstić information content (AvgIpc) is 2.74. The Morgan fingerprint density at radius 2 is 1.77 bits per heavy atom. The minimum absolute atomic E-state index is 0.0727. The number of nitrogens with zero attached hydrogens (tertiary/aromatic N) is 1. The zero-order valence-electron chi connectivity index (χ0n) is 16.0. The van der Waals surface area contributed by atoms with Crippen molar-refractivity contribution in [1.29, 1.82) is 0 Å². The largest absolute Gasteiger partial charge is 0.444 e. The van der Waals surface area contributed by atoms with Crippen LogP contribution in [0, 0.1) is 0 Å². The molecule has 1 aliphatic rings. The van der Waals surface area contributed by atoms with Crippen molar-refractivity contribution in [2.24, 2.45) is 4.99 Å². The molecule has 0 saturated carbocycles. The molecule has 9 heteroatoms. The molecule has 9 nitrogen and oxygen atoms in total. The van der Waals surface area contributed by atoms with Gasteiger partial charge in [-0.25, -0.2) is 14.6 Å². The average molecular weight is 408 g/mol. The summed E-state index contributed by atoms with van der Waals surface area (Å²) in [5, 5.41) is 7.19. The lowest BCUT2D eigenvalue weighted by atomic mass is 10.1. The van der Waals surface area contributed by atoms with Crippen LogP contribution in [0.3, 0.4) is 0 Å². The predicted molar refractivity (Wildman–Crippen MR) is 109 cm³/mol. The second-order valence-corrected chi connectivity index (χ2v) is 6.46. The molecule has 0 spiro atoms. The van der Waals surface area contributed by atoms with Crippen LogP contribution in [-0.2, 0) is 27.4 Å². The summed E-state index contributed by atoms with van der Waals surface area (Å²) >= 11 is 0. The summed E-state index contributed by atoms with van der Waals surface area (Å²) in [5.41, 5.74) is 2.14. The van der Waals surface area contributed by atoms with Crippen LogP contribution in [0.15, 0.2) is 59.6 Å². The SMILES string of the molecule is O=C(CCc1ccccc1NC(=O)OCc1ccccc1)NC1C=NC(=O)NC1=O. The van der Waals surface area contributed by atoms with Gasteiger partial charge in [-0.15, -0.1) is 0 Å². The molecule has 0 radical (unpaired) electrons. The maximum atomic E-state index is 12.2. The van der Waals surface area contributed by atoms with E-state index in [-0.39, 0.29) is 13.0 Å². The first-order valence-corrected chi connectivity index (χ1v) is 9.25. The first kappa shape index (κ1) is 20.7. The third-order valence-corrected chi connectivity index (χ3v) is 4.26. The van der Waals surface area contributed by atoms with Gasteiger partial charge in [0.25, 0.3) is 5.91 Å². The second-order valence-electron chi connectivity index (χ2n) is 6.46. The molecule has 3 rings (SSSR count). The topological polar surface area (TPSA) is 126 Å². The van der Waals surface area contributed by atoms with Crippen LogP contribution >= 0.6 is 0 Å². The predicted octanol–water partition coefficient (Wildman–Crippen LogP) is 2.17. The van der Waals surface area contributed by atoms with E-state index in [2.05, 4.69) is 15.6 Å². The van der Waals surface area contributed by atoms with Gasteiger partial charge in [0.1, 0.15) is 12.6 Å². The van der Waals surface area contributed by atoms with E-state index in [0.29, 0.717) is 12.1 Å². The lowest BCUT2D eigenvalue weighted by Gasteiger charge is -2.16. The van der Waals surface area contributed by atoms with Crippen LogP contribution in [0.4, 0.5) is 15.3 Å². The van der Waals surface area contributed by atoms with Crippen molar-refractivity contribution in [3.63, 3.8) is 0 Å². The van der Waals surface area contributed by atoms with Crippen molar-refractivity contribution >= 4 is 35.8 Å². The fourth-order valence-electron chi connectivity index (χ4n) is 2.75. The number of urea groups is 1. The van der Waals surface area contributed by atoms with E-state index in [1.54, 1.807) is 24.3 Å². The summed E-state index contributed by atoms with van der Waals surface area (Å²) in [6, 6.07) is 14.6. The minimum Gasteiger partial charge on any atom is -0.444 e. The van der Waals surface area contributed by atoms with Gasteiger partial charge in [-0.2, -0.15) is 0 Å². The van der Waals surface area contributed by atoms with Crippen LogP contribution < -0.4 is 16.0 Å². The van der Waals surface area contributed by atoms with Gasteiger partial charge in [-0.1, -0.05) is 48.5 Å². The summed E-state index contributed by atoms with van der Waals surface area (Å²) in [7, 11) is 0. The quantitative estimate of drug-likeness (QED) is 0.647. The molecule has 2 aromatic carbocycles. The van der Waals surface area contributed by atoms with Gasteiger partial charge in [-0.05, 0) is 23.6 Å². The maximum absolute atomic E-state index is 12.2. The van der Waals surface area contributed by atoms with Gasteiger partial charge in [0.15, 0.2) is 0 Å². The van der Waals surface area contributed by atoms with E-state index in [4.69, 9.17) is 4.74 Å². The normalized spacial score (nSPS) is 15.3. The molecule has 2 aromatic rings. The Bertz CT molecular complexity index is 974. The van der Waals surface area contributed by atoms with E-state index < -0.39 is 30.0 Å². The number of hydrogen-bond acceptors (Lipinski definition) is 5. The van der Waals surface area contributed by atoms with Gasteiger partial charge in [0, 0.05) is 18.3 Å². The Morgan fingerprint density at radius 1 is 1.03 bits per heavy atom. The van der Waals surface area contributed by atoms with Crippen molar-refractivity contribution in [1.82, 2.24) is 10.6 Å². The van der Waals surface area contributed by atoms with Crippen molar-refractivity contribution < 1.29 is 23.9 Å². The minimum atomic E-state index is -0.989. The molecule has 3 N–H and O–H groups in total. The summed E-state index contributed by atoms with van der Waals surface area (Å²) in [6.07, 6.45) is 0.891. The highest BCUT2D eigenvalue weighted by atomic mass is 16.5. The zero-order chi connectivity index (χ0) is 21.3. The van der Waals surface area contributed by atoms with Gasteiger partial charge in [-0.3, -0.25) is 20.2 Å². The molecule has 1 aliphatic heterocycles. The standard InChI is InChI=1S/C21H20N4O5/c26-18(23-17-12-22-20(28)25-19(17)27)11-10-15-8-4-5-9-16(15)24-21(29)30-13-14-6-2-1-3-7-14/h1-9,12,17H,10-11,13H2,(H,23,26)(H,24,29)(H,25,27,28). The molecule has 0 fully saturated rings. The molecule has 30 heavy (non-hydrogen) atoms. The molecule has 0 bridgehead atoms. The lowest BCUT2D eigenvalue weighted by Crippen LogP contribution is -2.51. The number of ether oxygens (including phenoxy) is 1. The molecule has 1 atom stereocenters. The number of aryl methyl sites for hydroxylation is 1. The summed E-state index contributed by atoms with van der Waals surface area (Å²) in [5.74, 6) is -1.02. The van der Waals surface area contributed by atoms with Gasteiger partial charge in [0.2, 0.25) is 5.91 Å². The van der Waals surface area contributed by atoms with Crippen LogP contribution in [0.5, 0.6) is 0 Å². The third-order valence-electron chi connectivity index (χ3n) is 4.26. The second kappa shape index (κ2) is 9.97. The van der Waals surface area contributed by atoms with Crippen LogP contribution in [0.2, 0.25) is 0 Å². The highest BCUT2D eigenvalue weighted by Crippen LogP contribution is 2.17. The number of rotatable bonds is 7. The van der Waals surface area contributed by atoms with Crippen molar-refractivity contribution in [3.05, 3.63) is 65.7 Å². The Morgan fingerprint density at radius 3 is 2.53 bits per heavy atom. The monoisotopic (exact) mass is 408 g/mol. The van der Waals surface area contributed by atoms with Crippen molar-refractivity contribution in [2.75, 3.05) is 5.32 Å². The molecule has 0 saturated heterocycles. The Kier molecular flexibility index (Phi) is 6.88. The first-order chi connectivity index (χ1) is 14.5. The fourth-order valence-corrected chi connectivity index (χ4v) is 2.75. The van der Waals surface area contributed by atoms with E-state index in [0.717, 1.165) is 17.3 Å². The van der Waals surface area contributed by atoms with E-state index in [9.17, 15) is 19.2 Å². The van der Waals surface area contributed by atoms with Crippen LogP contribution in [0.25, 0.3) is 0 Å². The van der Waals surface area contributed by atoms with Gasteiger partial charge >= 0.3 is 12.1 Å². The molecule has 154 valence electrons. The molecular weight excluding hydrogens is 388 g/mol. The Balaban J connectivity index is 1.51. The Hall–Kier alpha value is -4.01. The number of imide groups is 1. The third kappa shape index (κ3) is 5.99. The summed E-state index contributed by atoms with van der Waals surface area (Å²) in [4.78, 5) is 50.3. The van der Waals surface area contributed by atoms with Crippen molar-refractivity contribution in [3.8, 4) is 0 Å². The zero-order valence-corrected chi connectivity index (χ0v) is 16.0. The fraction of sp³-hybridized carbons (Fsp3) is 0.190. The molecule has 1 heterocycles. The molecule has 0 aromatic heterocycles. The van der Waals surface area contributed by atoms with Gasteiger partial charge in [0.05, 0.1) is 0 Å². The smallest absolute Gasteiger partial charge is 0.411 e. The number of aliphatic imine (C=N–C) groups is 1. The number of para-hydroxylation sites is 1. The molecular formula is C21H20N4O5. The van der Waals surface area contributed by atoms with Crippen LogP contribution in [0.1, 0.15) is 17.5 Å². The summed E-state index contributed by atoms with van der Waals surface area (Å²) < 4.78 is 5.22. The highest BCUT2D eigenvalue weighted by molar-refractivity contribution is 6.13. The first-order valence-electron chi connectivity index (χ1n) is 9.25. The molecule has 5 amide bonds. The summed E-state index contributed by atoms with van der Waals surface area (Å²) in [6.45, 7) is 0.144. The number of carbonyl (C=O) groups is 4. The van der Waals surface area contributed by atoms with E-state index in [1.807, 2.05) is 35.6 Å². The lowest BCUT2D eigenvalue weighted by molar-refractivity contribution is -0.126. The number of nitrogens with one attached hydrogen (secondary N) is 3. The highest BCUT2D eigenvalue weighted by Gasteiger charge is 2.24. The Labute approximate surface area is 172 Å². The number of carbonyl (C=O) groups excluding carboxylic acids is 4. The number of benzene rings is 2. The van der Waals surface area contributed by atoms with Crippen molar-refractivity contribution in [2.45, 2.75) is 25.5 Å². The number of hydrogen-bond donors (Lipinski definition) is 3. The molecule has 1 unspecified atom stereocenters. The number of amides is 5. The van der Waals surface area contributed by atoms with Gasteiger partial charge < -0.3 is 10.1 Å². The van der Waals surface area contributed by atoms with Crippen LogP contribution in [-0.4, -0.2) is 36.2 Å². The van der Waals surface area contributed by atoms with E-state index in [1.165, 1.54) is 0 Å². The van der Waals surface area contributed by atoms with E-state index >= 15 is 0 Å². The molecule has 0 aliphatic carbocycles. The maximum Gasteiger partial charge on any atom is 0.411 e.